The topological polar surface area (TPSA) is 58.1 Å². The number of nitrogens with zero attached hydrogens (tertiary/aromatic N) is 3. The first kappa shape index (κ1) is 18.6. The van der Waals surface area contributed by atoms with Gasteiger partial charge in [0.1, 0.15) is 23.0 Å². The second-order valence-electron chi connectivity index (χ2n) is 6.91. The fourth-order valence-corrected chi connectivity index (χ4v) is 3.96. The van der Waals surface area contributed by atoms with Gasteiger partial charge in [0.2, 0.25) is 5.91 Å². The van der Waals surface area contributed by atoms with Crippen molar-refractivity contribution in [3.8, 4) is 0 Å². The summed E-state index contributed by atoms with van der Waals surface area (Å²) in [6.07, 6.45) is 2.80. The third kappa shape index (κ3) is 5.17. The molecule has 2 atom stereocenters. The summed E-state index contributed by atoms with van der Waals surface area (Å²) in [5.41, 5.74) is 0.580. The summed E-state index contributed by atoms with van der Waals surface area (Å²) < 4.78 is 12.9. The second-order valence-corrected chi connectivity index (χ2v) is 7.90. The molecular formula is C19H23FN4OS. The van der Waals surface area contributed by atoms with Crippen LogP contribution in [0.5, 0.6) is 0 Å². The lowest BCUT2D eigenvalue weighted by Crippen LogP contribution is -2.39. The highest BCUT2D eigenvalue weighted by atomic mass is 32.2. The summed E-state index contributed by atoms with van der Waals surface area (Å²) in [4.78, 5) is 23.0. The number of anilines is 2. The third-order valence-corrected chi connectivity index (χ3v) is 5.23. The molecule has 138 valence electrons. The SMILES string of the molecule is C[C@@H]1C[C@@H](C)CN(c2cc(SCC(=O)Nc3ccc(F)cc3)ncn2)C1. The number of carbonyl (C=O) groups excluding carboxylic acids is 1. The van der Waals surface area contributed by atoms with E-state index < -0.39 is 0 Å². The lowest BCUT2D eigenvalue weighted by Gasteiger charge is -2.35. The van der Waals surface area contributed by atoms with E-state index in [2.05, 4.69) is 34.0 Å². The van der Waals surface area contributed by atoms with Crippen molar-refractivity contribution < 1.29 is 9.18 Å². The Morgan fingerprint density at radius 1 is 1.23 bits per heavy atom. The number of halogens is 1. The molecule has 1 aromatic carbocycles. The van der Waals surface area contributed by atoms with Gasteiger partial charge in [-0.1, -0.05) is 25.6 Å². The number of piperidine rings is 1. The predicted molar refractivity (Wildman–Crippen MR) is 103 cm³/mol. The number of nitrogens with one attached hydrogen (secondary N) is 1. The van der Waals surface area contributed by atoms with E-state index in [1.165, 1.54) is 30.3 Å². The maximum Gasteiger partial charge on any atom is 0.234 e. The standard InChI is InChI=1S/C19H23FN4OS/c1-13-7-14(2)10-24(9-13)17-8-19(22-12-21-17)26-11-18(25)23-16-5-3-15(20)4-6-16/h3-6,8,12-14H,7,9-11H2,1-2H3,(H,23,25)/t13-,14-/m1/s1. The van der Waals surface area contributed by atoms with Gasteiger partial charge < -0.3 is 10.2 Å². The van der Waals surface area contributed by atoms with E-state index in [0.29, 0.717) is 17.5 Å². The number of benzene rings is 1. The van der Waals surface area contributed by atoms with Crippen LogP contribution in [0.1, 0.15) is 20.3 Å². The van der Waals surface area contributed by atoms with E-state index in [4.69, 9.17) is 0 Å². The van der Waals surface area contributed by atoms with Gasteiger partial charge in [0.25, 0.3) is 0 Å². The largest absolute Gasteiger partial charge is 0.356 e. The number of hydrogen-bond donors (Lipinski definition) is 1. The summed E-state index contributed by atoms with van der Waals surface area (Å²) >= 11 is 1.37. The van der Waals surface area contributed by atoms with Gasteiger partial charge in [-0.25, -0.2) is 14.4 Å². The van der Waals surface area contributed by atoms with Crippen molar-refractivity contribution in [3.63, 3.8) is 0 Å². The fraction of sp³-hybridized carbons (Fsp3) is 0.421. The molecule has 2 aromatic rings. The van der Waals surface area contributed by atoms with Crippen molar-refractivity contribution in [2.45, 2.75) is 25.3 Å². The zero-order valence-electron chi connectivity index (χ0n) is 15.0. The smallest absolute Gasteiger partial charge is 0.234 e. The summed E-state index contributed by atoms with van der Waals surface area (Å²) in [5, 5.41) is 3.52. The molecule has 1 saturated heterocycles. The van der Waals surface area contributed by atoms with Gasteiger partial charge in [-0.2, -0.15) is 0 Å². The maximum absolute atomic E-state index is 12.9. The van der Waals surface area contributed by atoms with Gasteiger partial charge in [0, 0.05) is 24.8 Å². The van der Waals surface area contributed by atoms with Crippen LogP contribution in [0.2, 0.25) is 0 Å². The van der Waals surface area contributed by atoms with Crippen LogP contribution in [0.25, 0.3) is 0 Å². The molecule has 2 heterocycles. The quantitative estimate of drug-likeness (QED) is 0.637. The molecule has 1 N–H and O–H groups in total. The van der Waals surface area contributed by atoms with Crippen LogP contribution in [-0.2, 0) is 4.79 Å². The molecule has 0 radical (unpaired) electrons. The van der Waals surface area contributed by atoms with E-state index in [1.807, 2.05) is 6.07 Å². The number of rotatable bonds is 5. The molecule has 1 amide bonds. The van der Waals surface area contributed by atoms with Crippen molar-refractivity contribution in [2.75, 3.05) is 29.1 Å². The summed E-state index contributed by atoms with van der Waals surface area (Å²) in [6, 6.07) is 7.67. The van der Waals surface area contributed by atoms with Crippen LogP contribution in [0.3, 0.4) is 0 Å². The molecule has 1 aliphatic rings. The average molecular weight is 374 g/mol. The molecule has 1 fully saturated rings. The Bertz CT molecular complexity index is 745. The van der Waals surface area contributed by atoms with E-state index in [9.17, 15) is 9.18 Å². The fourth-order valence-electron chi connectivity index (χ4n) is 3.30. The summed E-state index contributed by atoms with van der Waals surface area (Å²) in [5.74, 6) is 1.97. The molecule has 26 heavy (non-hydrogen) atoms. The molecule has 3 rings (SSSR count). The Hall–Kier alpha value is -2.15. The van der Waals surface area contributed by atoms with Gasteiger partial charge in [-0.15, -0.1) is 0 Å². The highest BCUT2D eigenvalue weighted by Gasteiger charge is 2.23. The van der Waals surface area contributed by atoms with Crippen LogP contribution in [-0.4, -0.2) is 34.7 Å². The number of aromatic nitrogens is 2. The molecule has 5 nitrogen and oxygen atoms in total. The first-order valence-corrected chi connectivity index (χ1v) is 9.73. The molecular weight excluding hydrogens is 351 g/mol. The molecule has 1 aliphatic heterocycles. The molecule has 0 aliphatic carbocycles. The van der Waals surface area contributed by atoms with Crippen molar-refractivity contribution >= 4 is 29.2 Å². The Kier molecular flexibility index (Phi) is 6.08. The van der Waals surface area contributed by atoms with Gasteiger partial charge in [0.05, 0.1) is 5.75 Å². The van der Waals surface area contributed by atoms with Crippen LogP contribution < -0.4 is 10.2 Å². The molecule has 0 spiro atoms. The Balaban J connectivity index is 1.56. The van der Waals surface area contributed by atoms with E-state index in [0.717, 1.165) is 23.9 Å². The van der Waals surface area contributed by atoms with Gasteiger partial charge in [0.15, 0.2) is 0 Å². The van der Waals surface area contributed by atoms with Gasteiger partial charge in [-0.3, -0.25) is 4.79 Å². The summed E-state index contributed by atoms with van der Waals surface area (Å²) in [6.45, 7) is 6.52. The maximum atomic E-state index is 12.9. The Morgan fingerprint density at radius 2 is 1.92 bits per heavy atom. The van der Waals surface area contributed by atoms with Gasteiger partial charge in [-0.05, 0) is 42.5 Å². The highest BCUT2D eigenvalue weighted by molar-refractivity contribution is 7.99. The molecule has 0 saturated carbocycles. The van der Waals surface area contributed by atoms with E-state index in [1.54, 1.807) is 18.5 Å². The first-order chi connectivity index (χ1) is 12.5. The van der Waals surface area contributed by atoms with Crippen molar-refractivity contribution in [1.82, 2.24) is 9.97 Å². The zero-order valence-corrected chi connectivity index (χ0v) is 15.8. The monoisotopic (exact) mass is 374 g/mol. The minimum atomic E-state index is -0.327. The summed E-state index contributed by atoms with van der Waals surface area (Å²) in [7, 11) is 0. The Labute approximate surface area is 157 Å². The number of amides is 1. The number of carbonyl (C=O) groups is 1. The highest BCUT2D eigenvalue weighted by Crippen LogP contribution is 2.27. The number of hydrogen-bond acceptors (Lipinski definition) is 5. The van der Waals surface area contributed by atoms with Crippen LogP contribution in [0, 0.1) is 17.7 Å². The van der Waals surface area contributed by atoms with E-state index >= 15 is 0 Å². The van der Waals surface area contributed by atoms with Crippen LogP contribution in [0.4, 0.5) is 15.9 Å². The van der Waals surface area contributed by atoms with Crippen molar-refractivity contribution in [3.05, 3.63) is 42.5 Å². The molecule has 7 heteroatoms. The molecule has 0 unspecified atom stereocenters. The average Bonchev–Trinajstić information content (AvgIpc) is 2.61. The van der Waals surface area contributed by atoms with Crippen LogP contribution in [0.15, 0.2) is 41.7 Å². The lowest BCUT2D eigenvalue weighted by atomic mass is 9.92. The zero-order chi connectivity index (χ0) is 18.5. The minimum Gasteiger partial charge on any atom is -0.356 e. The predicted octanol–water partition coefficient (Wildman–Crippen LogP) is 3.83. The van der Waals surface area contributed by atoms with E-state index in [-0.39, 0.29) is 17.5 Å². The first-order valence-electron chi connectivity index (χ1n) is 8.75. The van der Waals surface area contributed by atoms with Crippen LogP contribution >= 0.6 is 11.8 Å². The third-order valence-electron chi connectivity index (χ3n) is 4.30. The number of thioether (sulfide) groups is 1. The van der Waals surface area contributed by atoms with Crippen molar-refractivity contribution in [1.29, 1.82) is 0 Å². The van der Waals surface area contributed by atoms with Gasteiger partial charge >= 0.3 is 0 Å². The lowest BCUT2D eigenvalue weighted by molar-refractivity contribution is -0.113. The Morgan fingerprint density at radius 3 is 2.62 bits per heavy atom. The normalized spacial score (nSPS) is 20.0. The second kappa shape index (κ2) is 8.49. The molecule has 1 aromatic heterocycles. The van der Waals surface area contributed by atoms with Crippen molar-refractivity contribution in [2.24, 2.45) is 11.8 Å². The minimum absolute atomic E-state index is 0.151. The molecule has 0 bridgehead atoms.